The lowest BCUT2D eigenvalue weighted by Crippen LogP contribution is -2.31. The second-order valence-corrected chi connectivity index (χ2v) is 7.93. The highest BCUT2D eigenvalue weighted by Gasteiger charge is 2.61. The molecule has 2 aromatic rings. The molecule has 2 heterocycles. The maximum absolute atomic E-state index is 13.0. The van der Waals surface area contributed by atoms with E-state index in [1.807, 2.05) is 17.5 Å². The molecule has 2 amide bonds. The Bertz CT molecular complexity index is 790. The molecule has 1 spiro atoms. The van der Waals surface area contributed by atoms with Crippen LogP contribution in [0.1, 0.15) is 28.1 Å². The largest absolute Gasteiger partial charge is 0.351 e. The summed E-state index contributed by atoms with van der Waals surface area (Å²) in [4.78, 5) is 27.9. The van der Waals surface area contributed by atoms with E-state index >= 15 is 0 Å². The Kier molecular flexibility index (Phi) is 4.07. The van der Waals surface area contributed by atoms with Gasteiger partial charge in [0.2, 0.25) is 5.91 Å². The first kappa shape index (κ1) is 16.3. The fourth-order valence-electron chi connectivity index (χ4n) is 3.72. The summed E-state index contributed by atoms with van der Waals surface area (Å²) in [6.07, 6.45) is 1.70. The number of nitrogens with one attached hydrogen (secondary N) is 1. The summed E-state index contributed by atoms with van der Waals surface area (Å²) >= 11 is 1.63. The number of rotatable bonds is 4. The van der Waals surface area contributed by atoms with Crippen LogP contribution >= 0.6 is 11.3 Å². The summed E-state index contributed by atoms with van der Waals surface area (Å²) in [6, 6.07) is 9.61. The number of carbonyl (C=O) groups excluding carboxylic acids is 2. The third kappa shape index (κ3) is 3.18. The highest BCUT2D eigenvalue weighted by atomic mass is 32.1. The maximum Gasteiger partial charge on any atom is 0.253 e. The Labute approximate surface area is 149 Å². The van der Waals surface area contributed by atoms with Gasteiger partial charge in [0, 0.05) is 34.9 Å². The molecule has 0 radical (unpaired) electrons. The molecular weight excluding hydrogens is 339 g/mol. The Hall–Kier alpha value is -2.21. The first-order valence-electron chi connectivity index (χ1n) is 8.42. The van der Waals surface area contributed by atoms with Crippen molar-refractivity contribution in [1.29, 1.82) is 0 Å². The summed E-state index contributed by atoms with van der Waals surface area (Å²) in [7, 11) is 0. The number of carbonyl (C=O) groups is 2. The van der Waals surface area contributed by atoms with E-state index in [0.29, 0.717) is 25.2 Å². The number of likely N-dealkylation sites (tertiary alicyclic amines) is 1. The summed E-state index contributed by atoms with van der Waals surface area (Å²) in [5, 5.41) is 5.00. The van der Waals surface area contributed by atoms with Crippen LogP contribution < -0.4 is 5.32 Å². The zero-order valence-electron chi connectivity index (χ0n) is 13.7. The van der Waals surface area contributed by atoms with Crippen LogP contribution in [0.4, 0.5) is 4.39 Å². The third-order valence-electron chi connectivity index (χ3n) is 5.29. The predicted octanol–water partition coefficient (Wildman–Crippen LogP) is 3.06. The molecule has 130 valence electrons. The first-order valence-corrected chi connectivity index (χ1v) is 9.30. The highest BCUT2D eigenvalue weighted by molar-refractivity contribution is 7.09. The summed E-state index contributed by atoms with van der Waals surface area (Å²) < 4.78 is 13.0. The van der Waals surface area contributed by atoms with E-state index in [0.717, 1.165) is 17.7 Å². The lowest BCUT2D eigenvalue weighted by molar-refractivity contribution is -0.123. The number of halogens is 1. The summed E-state index contributed by atoms with van der Waals surface area (Å²) in [6.45, 7) is 1.84. The number of benzene rings is 1. The predicted molar refractivity (Wildman–Crippen MR) is 93.6 cm³/mol. The normalized spacial score (nSPS) is 24.5. The summed E-state index contributed by atoms with van der Waals surface area (Å²) in [5.41, 5.74) is 0.438. The molecule has 25 heavy (non-hydrogen) atoms. The van der Waals surface area contributed by atoms with Crippen molar-refractivity contribution in [2.75, 3.05) is 13.1 Å². The molecule has 2 atom stereocenters. The van der Waals surface area contributed by atoms with Crippen molar-refractivity contribution in [1.82, 2.24) is 10.2 Å². The van der Waals surface area contributed by atoms with Crippen LogP contribution in [0.5, 0.6) is 0 Å². The molecule has 2 aliphatic rings. The average molecular weight is 358 g/mol. The maximum atomic E-state index is 13.0. The monoisotopic (exact) mass is 358 g/mol. The molecular formula is C19H19FN2O2S. The van der Waals surface area contributed by atoms with Gasteiger partial charge in [0.05, 0.1) is 6.54 Å². The molecule has 0 unspecified atom stereocenters. The number of thiophene rings is 1. The second-order valence-electron chi connectivity index (χ2n) is 6.90. The van der Waals surface area contributed by atoms with Gasteiger partial charge in [-0.25, -0.2) is 4.39 Å². The Morgan fingerprint density at radius 2 is 2.08 bits per heavy atom. The van der Waals surface area contributed by atoms with Gasteiger partial charge in [0.25, 0.3) is 5.91 Å². The van der Waals surface area contributed by atoms with Crippen molar-refractivity contribution in [2.24, 2.45) is 11.3 Å². The van der Waals surface area contributed by atoms with Gasteiger partial charge in [-0.3, -0.25) is 9.59 Å². The van der Waals surface area contributed by atoms with Gasteiger partial charge in [0.1, 0.15) is 5.82 Å². The molecule has 0 bridgehead atoms. The standard InChI is InChI=1S/C19H19FN2O2S/c20-14-5-3-13(4-6-14)18(24)22-8-7-19(12-22)10-16(19)17(23)21-11-15-2-1-9-25-15/h1-6,9,16H,7-8,10-12H2,(H,21,23)/t16-,19+/m0/s1. The van der Waals surface area contributed by atoms with E-state index in [1.54, 1.807) is 16.2 Å². The average Bonchev–Trinajstić information content (AvgIpc) is 2.96. The van der Waals surface area contributed by atoms with E-state index < -0.39 is 0 Å². The Morgan fingerprint density at radius 1 is 1.28 bits per heavy atom. The molecule has 6 heteroatoms. The lowest BCUT2D eigenvalue weighted by atomic mass is 10.0. The van der Waals surface area contributed by atoms with Gasteiger partial charge in [-0.05, 0) is 48.6 Å². The van der Waals surface area contributed by atoms with Crippen LogP contribution in [0.15, 0.2) is 41.8 Å². The Morgan fingerprint density at radius 3 is 2.80 bits per heavy atom. The number of amides is 2. The van der Waals surface area contributed by atoms with Gasteiger partial charge in [-0.1, -0.05) is 6.07 Å². The molecule has 1 aromatic carbocycles. The van der Waals surface area contributed by atoms with E-state index in [-0.39, 0.29) is 29.0 Å². The van der Waals surface area contributed by atoms with Crippen LogP contribution in [-0.2, 0) is 11.3 Å². The molecule has 1 aromatic heterocycles. The summed E-state index contributed by atoms with van der Waals surface area (Å²) in [5.74, 6) is -0.344. The van der Waals surface area contributed by atoms with E-state index in [9.17, 15) is 14.0 Å². The minimum Gasteiger partial charge on any atom is -0.351 e. The van der Waals surface area contributed by atoms with Gasteiger partial charge in [0.15, 0.2) is 0 Å². The SMILES string of the molecule is O=C(NCc1cccs1)[C@@H]1C[C@@]12CCN(C(=O)c1ccc(F)cc1)C2. The zero-order chi connectivity index (χ0) is 17.4. The van der Waals surface area contributed by atoms with Crippen LogP contribution in [0.25, 0.3) is 0 Å². The smallest absolute Gasteiger partial charge is 0.253 e. The van der Waals surface area contributed by atoms with Gasteiger partial charge < -0.3 is 10.2 Å². The minimum absolute atomic E-state index is 0.00141. The van der Waals surface area contributed by atoms with E-state index in [4.69, 9.17) is 0 Å². The van der Waals surface area contributed by atoms with E-state index in [1.165, 1.54) is 24.3 Å². The topological polar surface area (TPSA) is 49.4 Å². The fraction of sp³-hybridized carbons (Fsp3) is 0.368. The number of nitrogens with zero attached hydrogens (tertiary/aromatic N) is 1. The Balaban J connectivity index is 1.34. The van der Waals surface area contributed by atoms with Crippen molar-refractivity contribution < 1.29 is 14.0 Å². The highest BCUT2D eigenvalue weighted by Crippen LogP contribution is 2.58. The quantitative estimate of drug-likeness (QED) is 0.913. The van der Waals surface area contributed by atoms with E-state index in [2.05, 4.69) is 5.32 Å². The molecule has 1 aliphatic heterocycles. The van der Waals surface area contributed by atoms with Gasteiger partial charge >= 0.3 is 0 Å². The number of hydrogen-bond donors (Lipinski definition) is 1. The van der Waals surface area contributed by atoms with Crippen molar-refractivity contribution in [2.45, 2.75) is 19.4 Å². The van der Waals surface area contributed by atoms with Crippen LogP contribution in [0, 0.1) is 17.2 Å². The van der Waals surface area contributed by atoms with Crippen molar-refractivity contribution in [3.05, 3.63) is 58.0 Å². The first-order chi connectivity index (χ1) is 12.1. The number of hydrogen-bond acceptors (Lipinski definition) is 3. The second kappa shape index (κ2) is 6.26. The van der Waals surface area contributed by atoms with Crippen LogP contribution in [0.3, 0.4) is 0 Å². The molecule has 4 nitrogen and oxygen atoms in total. The van der Waals surface area contributed by atoms with Crippen molar-refractivity contribution in [3.8, 4) is 0 Å². The van der Waals surface area contributed by atoms with Crippen LogP contribution in [-0.4, -0.2) is 29.8 Å². The van der Waals surface area contributed by atoms with Gasteiger partial charge in [-0.15, -0.1) is 11.3 Å². The molecule has 1 saturated heterocycles. The lowest BCUT2D eigenvalue weighted by Gasteiger charge is -2.17. The molecule has 1 saturated carbocycles. The van der Waals surface area contributed by atoms with Crippen molar-refractivity contribution >= 4 is 23.2 Å². The third-order valence-corrected chi connectivity index (χ3v) is 6.16. The molecule has 4 rings (SSSR count). The van der Waals surface area contributed by atoms with Gasteiger partial charge in [-0.2, -0.15) is 0 Å². The molecule has 1 aliphatic carbocycles. The fourth-order valence-corrected chi connectivity index (χ4v) is 4.37. The molecule has 2 fully saturated rings. The van der Waals surface area contributed by atoms with Crippen molar-refractivity contribution in [3.63, 3.8) is 0 Å². The zero-order valence-corrected chi connectivity index (χ0v) is 14.5. The minimum atomic E-state index is -0.348. The van der Waals surface area contributed by atoms with Crippen LogP contribution in [0.2, 0.25) is 0 Å². The molecule has 1 N–H and O–H groups in total.